The molecule has 0 saturated carbocycles. The van der Waals surface area contributed by atoms with Crippen LogP contribution in [0.15, 0.2) is 28.3 Å². The standard InChI is InChI=1S/C15H18BrN5OS/c1-11(22)21(15-18-10-13(16)23-15)14-9-12(3-4-17-14)20-7-5-19(2)6-8-20/h3-4,9-10H,5-8H2,1-2H3. The van der Waals surface area contributed by atoms with Crippen LogP contribution >= 0.6 is 27.3 Å². The Bertz CT molecular complexity index is 699. The monoisotopic (exact) mass is 395 g/mol. The van der Waals surface area contributed by atoms with Crippen LogP contribution in [-0.2, 0) is 4.79 Å². The number of pyridine rings is 1. The average molecular weight is 396 g/mol. The summed E-state index contributed by atoms with van der Waals surface area (Å²) in [6, 6.07) is 3.95. The number of hydrogen-bond acceptors (Lipinski definition) is 6. The molecule has 0 unspecified atom stereocenters. The van der Waals surface area contributed by atoms with Gasteiger partial charge in [-0.3, -0.25) is 4.79 Å². The molecule has 3 rings (SSSR count). The maximum absolute atomic E-state index is 12.1. The van der Waals surface area contributed by atoms with Crippen molar-refractivity contribution in [2.75, 3.05) is 43.0 Å². The van der Waals surface area contributed by atoms with E-state index in [1.165, 1.54) is 18.3 Å². The van der Waals surface area contributed by atoms with Crippen molar-refractivity contribution in [1.82, 2.24) is 14.9 Å². The van der Waals surface area contributed by atoms with E-state index in [0.29, 0.717) is 10.9 Å². The SMILES string of the molecule is CC(=O)N(c1cc(N2CCN(C)CC2)ccn1)c1ncc(Br)s1. The van der Waals surface area contributed by atoms with E-state index in [1.54, 1.807) is 17.3 Å². The van der Waals surface area contributed by atoms with Crippen LogP contribution < -0.4 is 9.80 Å². The van der Waals surface area contributed by atoms with Gasteiger partial charge in [-0.15, -0.1) is 0 Å². The fourth-order valence-corrected chi connectivity index (χ4v) is 3.77. The van der Waals surface area contributed by atoms with E-state index in [9.17, 15) is 4.79 Å². The lowest BCUT2D eigenvalue weighted by atomic mass is 10.2. The van der Waals surface area contributed by atoms with Gasteiger partial charge in [0.15, 0.2) is 5.13 Å². The van der Waals surface area contributed by atoms with Gasteiger partial charge in [0.2, 0.25) is 5.91 Å². The highest BCUT2D eigenvalue weighted by Gasteiger charge is 2.21. The molecule has 0 atom stereocenters. The minimum atomic E-state index is -0.102. The molecule has 0 aliphatic carbocycles. The second kappa shape index (κ2) is 6.94. The van der Waals surface area contributed by atoms with Crippen LogP contribution in [-0.4, -0.2) is 54.0 Å². The molecule has 0 spiro atoms. The number of amides is 1. The summed E-state index contributed by atoms with van der Waals surface area (Å²) in [6.07, 6.45) is 3.45. The molecule has 1 aliphatic heterocycles. The Labute approximate surface area is 147 Å². The Morgan fingerprint density at radius 3 is 2.65 bits per heavy atom. The Morgan fingerprint density at radius 1 is 1.30 bits per heavy atom. The lowest BCUT2D eigenvalue weighted by molar-refractivity contribution is -0.115. The molecule has 8 heteroatoms. The zero-order valence-electron chi connectivity index (χ0n) is 13.1. The topological polar surface area (TPSA) is 52.6 Å². The van der Waals surface area contributed by atoms with Crippen molar-refractivity contribution in [3.05, 3.63) is 28.3 Å². The molecule has 23 heavy (non-hydrogen) atoms. The van der Waals surface area contributed by atoms with Crippen molar-refractivity contribution in [2.45, 2.75) is 6.92 Å². The molecular formula is C15H18BrN5OS. The summed E-state index contributed by atoms with van der Waals surface area (Å²) in [6.45, 7) is 5.55. The van der Waals surface area contributed by atoms with Crippen LogP contribution in [0, 0.1) is 0 Å². The largest absolute Gasteiger partial charge is 0.369 e. The maximum atomic E-state index is 12.1. The average Bonchev–Trinajstić information content (AvgIpc) is 2.94. The summed E-state index contributed by atoms with van der Waals surface area (Å²) in [5.41, 5.74) is 1.09. The van der Waals surface area contributed by atoms with Gasteiger partial charge in [0.25, 0.3) is 0 Å². The minimum absolute atomic E-state index is 0.102. The lowest BCUT2D eigenvalue weighted by Gasteiger charge is -2.34. The molecule has 1 saturated heterocycles. The highest BCUT2D eigenvalue weighted by atomic mass is 79.9. The molecule has 3 heterocycles. The number of rotatable bonds is 3. The summed E-state index contributed by atoms with van der Waals surface area (Å²) in [4.78, 5) is 26.9. The van der Waals surface area contributed by atoms with E-state index in [4.69, 9.17) is 0 Å². The first-order valence-electron chi connectivity index (χ1n) is 7.36. The van der Waals surface area contributed by atoms with Crippen LogP contribution in [0.1, 0.15) is 6.92 Å². The zero-order chi connectivity index (χ0) is 16.4. The van der Waals surface area contributed by atoms with Crippen molar-refractivity contribution in [1.29, 1.82) is 0 Å². The summed E-state index contributed by atoms with van der Waals surface area (Å²) in [7, 11) is 2.13. The van der Waals surface area contributed by atoms with Gasteiger partial charge >= 0.3 is 0 Å². The molecule has 6 nitrogen and oxygen atoms in total. The number of aromatic nitrogens is 2. The van der Waals surface area contributed by atoms with Crippen molar-refractivity contribution in [3.63, 3.8) is 0 Å². The maximum Gasteiger partial charge on any atom is 0.231 e. The van der Waals surface area contributed by atoms with Crippen LogP contribution in [0.4, 0.5) is 16.6 Å². The molecule has 1 amide bonds. The first kappa shape index (κ1) is 16.4. The third kappa shape index (κ3) is 3.70. The number of carbonyl (C=O) groups is 1. The zero-order valence-corrected chi connectivity index (χ0v) is 15.5. The third-order valence-electron chi connectivity index (χ3n) is 3.80. The fourth-order valence-electron chi connectivity index (χ4n) is 2.53. The molecule has 0 radical (unpaired) electrons. The van der Waals surface area contributed by atoms with Gasteiger partial charge in [-0.2, -0.15) is 0 Å². The molecule has 1 fully saturated rings. The van der Waals surface area contributed by atoms with Gasteiger partial charge in [0.1, 0.15) is 5.82 Å². The van der Waals surface area contributed by atoms with Gasteiger partial charge < -0.3 is 9.80 Å². The van der Waals surface area contributed by atoms with Gasteiger partial charge in [0, 0.05) is 51.1 Å². The van der Waals surface area contributed by atoms with Crippen molar-refractivity contribution in [2.24, 2.45) is 0 Å². The number of anilines is 3. The van der Waals surface area contributed by atoms with Crippen molar-refractivity contribution in [3.8, 4) is 0 Å². The Balaban J connectivity index is 1.89. The summed E-state index contributed by atoms with van der Waals surface area (Å²) in [5.74, 6) is 0.505. The van der Waals surface area contributed by atoms with E-state index >= 15 is 0 Å². The predicted octanol–water partition coefficient (Wildman–Crippen LogP) is 2.74. The third-order valence-corrected chi connectivity index (χ3v) is 5.26. The molecule has 0 N–H and O–H groups in total. The molecule has 0 aromatic carbocycles. The molecule has 0 bridgehead atoms. The van der Waals surface area contributed by atoms with Crippen molar-refractivity contribution >= 4 is 49.8 Å². The summed E-state index contributed by atoms with van der Waals surface area (Å²) < 4.78 is 0.883. The number of piperazine rings is 1. The highest BCUT2D eigenvalue weighted by Crippen LogP contribution is 2.32. The van der Waals surface area contributed by atoms with Gasteiger partial charge in [0.05, 0.1) is 9.98 Å². The van der Waals surface area contributed by atoms with Crippen LogP contribution in [0.3, 0.4) is 0 Å². The van der Waals surface area contributed by atoms with E-state index in [1.807, 2.05) is 12.1 Å². The lowest BCUT2D eigenvalue weighted by Crippen LogP contribution is -2.44. The second-order valence-corrected chi connectivity index (χ2v) is 7.85. The molecule has 122 valence electrons. The Hall–Kier alpha value is -1.51. The number of halogens is 1. The molecular weight excluding hydrogens is 378 g/mol. The number of carbonyl (C=O) groups excluding carboxylic acids is 1. The molecule has 2 aromatic rings. The number of thiazole rings is 1. The number of likely N-dealkylation sites (N-methyl/N-ethyl adjacent to an activating group) is 1. The molecule has 2 aromatic heterocycles. The summed E-state index contributed by atoms with van der Waals surface area (Å²) >= 11 is 4.80. The van der Waals surface area contributed by atoms with E-state index in [0.717, 1.165) is 35.7 Å². The first-order chi connectivity index (χ1) is 11.0. The van der Waals surface area contributed by atoms with E-state index < -0.39 is 0 Å². The van der Waals surface area contributed by atoms with Crippen LogP contribution in [0.25, 0.3) is 0 Å². The van der Waals surface area contributed by atoms with E-state index in [-0.39, 0.29) is 5.91 Å². The Kier molecular flexibility index (Phi) is 4.93. The first-order valence-corrected chi connectivity index (χ1v) is 8.97. The Morgan fingerprint density at radius 2 is 2.04 bits per heavy atom. The fraction of sp³-hybridized carbons (Fsp3) is 0.400. The van der Waals surface area contributed by atoms with Gasteiger partial charge in [-0.25, -0.2) is 14.9 Å². The predicted molar refractivity (Wildman–Crippen MR) is 96.6 cm³/mol. The molecule has 1 aliphatic rings. The highest BCUT2D eigenvalue weighted by molar-refractivity contribution is 9.11. The minimum Gasteiger partial charge on any atom is -0.369 e. The van der Waals surface area contributed by atoms with E-state index in [2.05, 4.69) is 42.7 Å². The van der Waals surface area contributed by atoms with Gasteiger partial charge in [-0.05, 0) is 29.0 Å². The van der Waals surface area contributed by atoms with Crippen molar-refractivity contribution < 1.29 is 4.79 Å². The van der Waals surface area contributed by atoms with Gasteiger partial charge in [-0.1, -0.05) is 11.3 Å². The number of nitrogens with zero attached hydrogens (tertiary/aromatic N) is 5. The second-order valence-electron chi connectivity index (χ2n) is 5.46. The quantitative estimate of drug-likeness (QED) is 0.799. The van der Waals surface area contributed by atoms with Crippen LogP contribution in [0.2, 0.25) is 0 Å². The normalized spacial score (nSPS) is 15.7. The summed E-state index contributed by atoms with van der Waals surface area (Å²) in [5, 5.41) is 0.618. The smallest absolute Gasteiger partial charge is 0.231 e. The van der Waals surface area contributed by atoms with Crippen LogP contribution in [0.5, 0.6) is 0 Å². The number of hydrogen-bond donors (Lipinski definition) is 0.